The first kappa shape index (κ1) is 12.1. The average molecular weight is 142 g/mol. The van der Waals surface area contributed by atoms with Crippen LogP contribution in [0.1, 0.15) is 28.1 Å². The second-order valence-corrected chi connectivity index (χ2v) is 2.84. The van der Waals surface area contributed by atoms with Crippen molar-refractivity contribution in [2.45, 2.75) is 26.7 Å². The fourth-order valence-corrected chi connectivity index (χ4v) is 1.17. The van der Waals surface area contributed by atoms with Gasteiger partial charge in [0, 0.05) is 0 Å². The van der Waals surface area contributed by atoms with Crippen LogP contribution in [0.5, 0.6) is 0 Å². The quantitative estimate of drug-likeness (QED) is 0.382. The molecule has 2 heteroatoms. The van der Waals surface area contributed by atoms with Gasteiger partial charge in [-0.05, 0) is 24.3 Å². The second kappa shape index (κ2) is 11.2. The Kier molecular flexibility index (Phi) is 16.9. The van der Waals surface area contributed by atoms with Crippen LogP contribution in [-0.4, -0.2) is 11.5 Å². The number of thioether (sulfide) groups is 1. The van der Waals surface area contributed by atoms with E-state index < -0.39 is 0 Å². The van der Waals surface area contributed by atoms with E-state index in [9.17, 15) is 0 Å². The molecule has 46 valence electrons. The summed E-state index contributed by atoms with van der Waals surface area (Å²) < 4.78 is 0. The van der Waals surface area contributed by atoms with Crippen LogP contribution in [0.4, 0.5) is 0 Å². The largest absolute Gasteiger partial charge is 1.00 e. The van der Waals surface area contributed by atoms with Gasteiger partial charge in [0.2, 0.25) is 0 Å². The molecule has 0 aliphatic carbocycles. The van der Waals surface area contributed by atoms with E-state index in [-0.39, 0.29) is 31.0 Å². The molecular weight excluding hydrogens is 127 g/mol. The molecule has 0 rings (SSSR count). The van der Waals surface area contributed by atoms with Crippen LogP contribution in [0.3, 0.4) is 0 Å². The fourth-order valence-electron chi connectivity index (χ4n) is 0.391. The summed E-state index contributed by atoms with van der Waals surface area (Å²) in [4.78, 5) is 0. The molecule has 0 aromatic carbocycles. The van der Waals surface area contributed by atoms with Crippen molar-refractivity contribution in [1.82, 2.24) is 0 Å². The Bertz CT molecular complexity index is 32.2. The van der Waals surface area contributed by atoms with Gasteiger partial charge in [0.25, 0.3) is 0 Å². The summed E-state index contributed by atoms with van der Waals surface area (Å²) in [5, 5.41) is 0. The van der Waals surface area contributed by atoms with Gasteiger partial charge in [-0.1, -0.05) is 13.8 Å². The van der Waals surface area contributed by atoms with Gasteiger partial charge in [-0.3, -0.25) is 0 Å². The summed E-state index contributed by atoms with van der Waals surface area (Å²) in [5.74, 6) is 2.68. The van der Waals surface area contributed by atoms with Crippen molar-refractivity contribution in [1.29, 1.82) is 0 Å². The molecule has 0 N–H and O–H groups in total. The Balaban J connectivity index is -0.000000180. The zero-order valence-corrected chi connectivity index (χ0v) is 9.05. The van der Waals surface area contributed by atoms with Gasteiger partial charge in [0.1, 0.15) is 0 Å². The second-order valence-electron chi connectivity index (χ2n) is 1.61. The molecule has 0 aliphatic rings. The SMILES string of the molecule is CCCSCCC.[H-].[Na+]. The molecule has 0 unspecified atom stereocenters. The summed E-state index contributed by atoms with van der Waals surface area (Å²) in [6, 6.07) is 0. The summed E-state index contributed by atoms with van der Waals surface area (Å²) >= 11 is 2.05. The third-order valence-electron chi connectivity index (χ3n) is 0.697. The van der Waals surface area contributed by atoms with Gasteiger partial charge >= 0.3 is 29.6 Å². The van der Waals surface area contributed by atoms with E-state index in [0.717, 1.165) is 0 Å². The number of hydrogen-bond acceptors (Lipinski definition) is 1. The van der Waals surface area contributed by atoms with Crippen molar-refractivity contribution in [2.75, 3.05) is 11.5 Å². The maximum absolute atomic E-state index is 2.22. The Morgan fingerprint density at radius 2 is 1.50 bits per heavy atom. The predicted molar refractivity (Wildman–Crippen MR) is 39.0 cm³/mol. The minimum Gasteiger partial charge on any atom is -1.00 e. The normalized spacial score (nSPS) is 8.25. The number of rotatable bonds is 4. The first-order chi connectivity index (χ1) is 3.41. The molecule has 0 nitrogen and oxygen atoms in total. The maximum atomic E-state index is 2.22. The summed E-state index contributed by atoms with van der Waals surface area (Å²) in [7, 11) is 0. The molecule has 0 heterocycles. The Morgan fingerprint density at radius 1 is 1.12 bits per heavy atom. The topological polar surface area (TPSA) is 0 Å². The summed E-state index contributed by atoms with van der Waals surface area (Å²) in [5.41, 5.74) is 0. The predicted octanol–water partition coefficient (Wildman–Crippen LogP) is -0.344. The van der Waals surface area contributed by atoms with Crippen LogP contribution in [0.15, 0.2) is 0 Å². The van der Waals surface area contributed by atoms with Gasteiger partial charge in [0.15, 0.2) is 0 Å². The Labute approximate surface area is 80.6 Å². The fraction of sp³-hybridized carbons (Fsp3) is 1.00. The molecule has 0 aromatic heterocycles. The molecule has 8 heavy (non-hydrogen) atoms. The van der Waals surface area contributed by atoms with E-state index in [2.05, 4.69) is 25.6 Å². The van der Waals surface area contributed by atoms with Crippen molar-refractivity contribution < 1.29 is 31.0 Å². The van der Waals surface area contributed by atoms with Gasteiger partial charge in [-0.25, -0.2) is 0 Å². The molecule has 0 saturated heterocycles. The van der Waals surface area contributed by atoms with E-state index in [0.29, 0.717) is 0 Å². The molecule has 0 aliphatic heterocycles. The molecule has 0 radical (unpaired) electrons. The zero-order valence-electron chi connectivity index (χ0n) is 7.24. The monoisotopic (exact) mass is 142 g/mol. The van der Waals surface area contributed by atoms with Crippen LogP contribution in [0.2, 0.25) is 0 Å². The zero-order chi connectivity index (χ0) is 5.54. The third kappa shape index (κ3) is 10.4. The van der Waals surface area contributed by atoms with Crippen molar-refractivity contribution in [3.63, 3.8) is 0 Å². The van der Waals surface area contributed by atoms with Gasteiger partial charge < -0.3 is 1.43 Å². The van der Waals surface area contributed by atoms with Crippen LogP contribution >= 0.6 is 11.8 Å². The van der Waals surface area contributed by atoms with E-state index in [1.807, 2.05) is 0 Å². The van der Waals surface area contributed by atoms with E-state index in [4.69, 9.17) is 0 Å². The first-order valence-electron chi connectivity index (χ1n) is 2.99. The third-order valence-corrected chi connectivity index (χ3v) is 2.09. The molecule has 0 saturated carbocycles. The van der Waals surface area contributed by atoms with Crippen molar-refractivity contribution >= 4 is 11.8 Å². The molecule has 0 fully saturated rings. The summed E-state index contributed by atoms with van der Waals surface area (Å²) in [6.45, 7) is 4.45. The molecule has 0 aromatic rings. The van der Waals surface area contributed by atoms with Gasteiger partial charge in [0.05, 0.1) is 0 Å². The first-order valence-corrected chi connectivity index (χ1v) is 4.15. The summed E-state index contributed by atoms with van der Waals surface area (Å²) in [6.07, 6.45) is 2.65. The minimum absolute atomic E-state index is 0. The van der Waals surface area contributed by atoms with Crippen LogP contribution in [0, 0.1) is 0 Å². The number of hydrogen-bond donors (Lipinski definition) is 0. The molecule has 0 amide bonds. The van der Waals surface area contributed by atoms with Crippen molar-refractivity contribution in [2.24, 2.45) is 0 Å². The van der Waals surface area contributed by atoms with Crippen molar-refractivity contribution in [3.05, 3.63) is 0 Å². The van der Waals surface area contributed by atoms with E-state index in [1.165, 1.54) is 24.3 Å². The van der Waals surface area contributed by atoms with Crippen LogP contribution < -0.4 is 29.6 Å². The van der Waals surface area contributed by atoms with Crippen LogP contribution in [0.25, 0.3) is 0 Å². The van der Waals surface area contributed by atoms with Crippen LogP contribution in [-0.2, 0) is 0 Å². The molecule has 0 spiro atoms. The van der Waals surface area contributed by atoms with E-state index in [1.54, 1.807) is 0 Å². The molecular formula is C6H15NaS. The van der Waals surface area contributed by atoms with Gasteiger partial charge in [-0.2, -0.15) is 11.8 Å². The smallest absolute Gasteiger partial charge is 1.00 e. The average Bonchev–Trinajstić information content (AvgIpc) is 1.69. The Hall–Kier alpha value is 1.35. The standard InChI is InChI=1S/C6H14S.Na.H/c1-3-5-7-6-4-2;;/h3-6H2,1-2H3;;/q;+1;-1. The van der Waals surface area contributed by atoms with Crippen molar-refractivity contribution in [3.8, 4) is 0 Å². The molecule has 0 bridgehead atoms. The van der Waals surface area contributed by atoms with E-state index >= 15 is 0 Å². The maximum Gasteiger partial charge on any atom is 1.00 e. The Morgan fingerprint density at radius 3 is 1.75 bits per heavy atom. The molecule has 0 atom stereocenters. The van der Waals surface area contributed by atoms with Gasteiger partial charge in [-0.15, -0.1) is 0 Å². The minimum atomic E-state index is 0.